The van der Waals surface area contributed by atoms with Crippen molar-refractivity contribution in [1.82, 2.24) is 4.98 Å². The van der Waals surface area contributed by atoms with E-state index in [9.17, 15) is 4.39 Å². The molecule has 0 saturated carbocycles. The first kappa shape index (κ1) is 10.1. The first-order chi connectivity index (χ1) is 7.24. The molecule has 1 heterocycles. The predicted octanol–water partition coefficient (Wildman–Crippen LogP) is 2.63. The van der Waals surface area contributed by atoms with Crippen LogP contribution in [0, 0.1) is 5.82 Å². The summed E-state index contributed by atoms with van der Waals surface area (Å²) in [6.45, 7) is -0.308. The molecule has 0 aliphatic heterocycles. The fourth-order valence-corrected chi connectivity index (χ4v) is 1.45. The molecular weight excluding hydrogens is 221 g/mol. The lowest BCUT2D eigenvalue weighted by Gasteiger charge is -2.01. The monoisotopic (exact) mass is 227 g/mol. The van der Waals surface area contributed by atoms with Crippen molar-refractivity contribution in [3.05, 3.63) is 41.1 Å². The number of aliphatic hydroxyl groups excluding tert-OH is 1. The molecular formula is C10H7ClFNO2. The van der Waals surface area contributed by atoms with Gasteiger partial charge in [-0.3, -0.25) is 0 Å². The Bertz CT molecular complexity index is 484. The van der Waals surface area contributed by atoms with E-state index in [-0.39, 0.29) is 28.6 Å². The van der Waals surface area contributed by atoms with Gasteiger partial charge in [-0.15, -0.1) is 0 Å². The van der Waals surface area contributed by atoms with Crippen LogP contribution in [0.4, 0.5) is 4.39 Å². The molecule has 0 radical (unpaired) electrons. The van der Waals surface area contributed by atoms with Gasteiger partial charge < -0.3 is 9.52 Å². The van der Waals surface area contributed by atoms with Gasteiger partial charge in [-0.05, 0) is 12.1 Å². The van der Waals surface area contributed by atoms with Crippen LogP contribution in [0.15, 0.2) is 29.0 Å². The van der Waals surface area contributed by atoms with Gasteiger partial charge in [-0.1, -0.05) is 17.7 Å². The predicted molar refractivity (Wildman–Crippen MR) is 52.8 cm³/mol. The van der Waals surface area contributed by atoms with E-state index in [1.54, 1.807) is 6.07 Å². The minimum atomic E-state index is -0.578. The van der Waals surface area contributed by atoms with E-state index < -0.39 is 5.82 Å². The molecule has 1 N–H and O–H groups in total. The zero-order valence-electron chi connectivity index (χ0n) is 7.58. The maximum absolute atomic E-state index is 13.6. The van der Waals surface area contributed by atoms with Crippen molar-refractivity contribution < 1.29 is 13.9 Å². The molecule has 78 valence electrons. The fourth-order valence-electron chi connectivity index (χ4n) is 1.28. The second-order valence-electron chi connectivity index (χ2n) is 2.89. The molecule has 3 nitrogen and oxygen atoms in total. The number of oxazole rings is 1. The Morgan fingerprint density at radius 1 is 1.47 bits per heavy atom. The van der Waals surface area contributed by atoms with E-state index in [0.29, 0.717) is 0 Å². The molecule has 2 aromatic rings. The van der Waals surface area contributed by atoms with E-state index in [2.05, 4.69) is 4.98 Å². The molecule has 1 aromatic heterocycles. The molecule has 0 saturated heterocycles. The fraction of sp³-hybridized carbons (Fsp3) is 0.100. The molecule has 0 amide bonds. The second-order valence-corrected chi connectivity index (χ2v) is 3.29. The average Bonchev–Trinajstić information content (AvgIpc) is 2.70. The molecule has 0 aliphatic rings. The molecule has 1 aromatic carbocycles. The number of rotatable bonds is 2. The summed E-state index contributed by atoms with van der Waals surface area (Å²) in [5.41, 5.74) is 0.486. The molecule has 0 atom stereocenters. The van der Waals surface area contributed by atoms with Gasteiger partial charge in [0.05, 0.1) is 17.2 Å². The van der Waals surface area contributed by atoms with Crippen molar-refractivity contribution in [3.8, 4) is 11.3 Å². The number of hydrogen-bond donors (Lipinski definition) is 1. The number of aromatic nitrogens is 1. The Hall–Kier alpha value is -1.39. The Morgan fingerprint density at radius 2 is 2.27 bits per heavy atom. The zero-order valence-corrected chi connectivity index (χ0v) is 8.33. The number of hydrogen-bond acceptors (Lipinski definition) is 3. The van der Waals surface area contributed by atoms with E-state index in [0.717, 1.165) is 6.39 Å². The van der Waals surface area contributed by atoms with Crippen molar-refractivity contribution >= 4 is 11.6 Å². The number of benzene rings is 1. The number of nitrogens with zero attached hydrogens (tertiary/aromatic N) is 1. The average molecular weight is 228 g/mol. The first-order valence-corrected chi connectivity index (χ1v) is 4.59. The van der Waals surface area contributed by atoms with Gasteiger partial charge in [0.1, 0.15) is 5.69 Å². The van der Waals surface area contributed by atoms with Crippen LogP contribution in [0.25, 0.3) is 11.3 Å². The molecule has 5 heteroatoms. The van der Waals surface area contributed by atoms with Gasteiger partial charge in [0.15, 0.2) is 18.0 Å². The smallest absolute Gasteiger partial charge is 0.181 e. The van der Waals surface area contributed by atoms with Crippen LogP contribution in [0.2, 0.25) is 5.02 Å². The Balaban J connectivity index is 2.59. The lowest BCUT2D eigenvalue weighted by molar-refractivity contribution is 0.277. The van der Waals surface area contributed by atoms with Gasteiger partial charge in [-0.2, -0.15) is 0 Å². The summed E-state index contributed by atoms with van der Waals surface area (Å²) in [6, 6.07) is 4.56. The summed E-state index contributed by atoms with van der Waals surface area (Å²) < 4.78 is 18.6. The highest BCUT2D eigenvalue weighted by Crippen LogP contribution is 2.29. The Labute approximate surface area is 90.1 Å². The Kier molecular flexibility index (Phi) is 2.70. The van der Waals surface area contributed by atoms with E-state index in [4.69, 9.17) is 21.1 Å². The minimum Gasteiger partial charge on any atom is -0.443 e. The molecule has 2 rings (SSSR count). The standard InChI is InChI=1S/C10H7ClFNO2/c11-7-3-1-2-6(9(7)12)10-8(4-14)13-5-15-10/h1-3,5,14H,4H2. The molecule has 15 heavy (non-hydrogen) atoms. The topological polar surface area (TPSA) is 46.3 Å². The highest BCUT2D eigenvalue weighted by Gasteiger charge is 2.15. The number of halogens is 2. The van der Waals surface area contributed by atoms with Crippen LogP contribution in [0.1, 0.15) is 5.69 Å². The van der Waals surface area contributed by atoms with Gasteiger partial charge >= 0.3 is 0 Å². The van der Waals surface area contributed by atoms with Gasteiger partial charge in [0, 0.05) is 0 Å². The molecule has 0 fully saturated rings. The van der Waals surface area contributed by atoms with Crippen LogP contribution in [0.5, 0.6) is 0 Å². The molecule has 0 bridgehead atoms. The number of aliphatic hydroxyl groups is 1. The van der Waals surface area contributed by atoms with Crippen LogP contribution in [0.3, 0.4) is 0 Å². The highest BCUT2D eigenvalue weighted by atomic mass is 35.5. The largest absolute Gasteiger partial charge is 0.443 e. The summed E-state index contributed by atoms with van der Waals surface area (Å²) in [7, 11) is 0. The normalized spacial score (nSPS) is 10.6. The third kappa shape index (κ3) is 1.73. The highest BCUT2D eigenvalue weighted by molar-refractivity contribution is 6.31. The van der Waals surface area contributed by atoms with Crippen molar-refractivity contribution in [3.63, 3.8) is 0 Å². The second kappa shape index (κ2) is 4.00. The van der Waals surface area contributed by atoms with Crippen LogP contribution >= 0.6 is 11.6 Å². The third-order valence-electron chi connectivity index (χ3n) is 1.99. The van der Waals surface area contributed by atoms with E-state index in [1.807, 2.05) is 0 Å². The van der Waals surface area contributed by atoms with Gasteiger partial charge in [0.25, 0.3) is 0 Å². The van der Waals surface area contributed by atoms with Crippen molar-refractivity contribution in [2.45, 2.75) is 6.61 Å². The molecule has 0 aliphatic carbocycles. The van der Waals surface area contributed by atoms with E-state index >= 15 is 0 Å². The summed E-state index contributed by atoms with van der Waals surface area (Å²) in [4.78, 5) is 3.76. The van der Waals surface area contributed by atoms with Crippen LogP contribution in [-0.4, -0.2) is 10.1 Å². The summed E-state index contributed by atoms with van der Waals surface area (Å²) in [5.74, 6) is -0.372. The van der Waals surface area contributed by atoms with Crippen LogP contribution in [-0.2, 0) is 6.61 Å². The summed E-state index contributed by atoms with van der Waals surface area (Å²) in [5, 5.41) is 8.96. The van der Waals surface area contributed by atoms with Crippen molar-refractivity contribution in [1.29, 1.82) is 0 Å². The Morgan fingerprint density at radius 3 is 3.00 bits per heavy atom. The quantitative estimate of drug-likeness (QED) is 0.858. The molecule has 0 unspecified atom stereocenters. The van der Waals surface area contributed by atoms with Crippen molar-refractivity contribution in [2.24, 2.45) is 0 Å². The maximum atomic E-state index is 13.6. The lowest BCUT2D eigenvalue weighted by atomic mass is 10.1. The summed E-state index contributed by atoms with van der Waals surface area (Å²) in [6.07, 6.45) is 1.15. The first-order valence-electron chi connectivity index (χ1n) is 4.21. The molecule has 0 spiro atoms. The minimum absolute atomic E-state index is 0.00721. The van der Waals surface area contributed by atoms with Gasteiger partial charge in [0.2, 0.25) is 0 Å². The van der Waals surface area contributed by atoms with E-state index in [1.165, 1.54) is 12.1 Å². The third-order valence-corrected chi connectivity index (χ3v) is 2.28. The zero-order chi connectivity index (χ0) is 10.8. The summed E-state index contributed by atoms with van der Waals surface area (Å²) >= 11 is 5.63. The van der Waals surface area contributed by atoms with Crippen LogP contribution < -0.4 is 0 Å². The van der Waals surface area contributed by atoms with Crippen molar-refractivity contribution in [2.75, 3.05) is 0 Å². The van der Waals surface area contributed by atoms with Gasteiger partial charge in [-0.25, -0.2) is 9.37 Å². The SMILES string of the molecule is OCc1ncoc1-c1cccc(Cl)c1F. The lowest BCUT2D eigenvalue weighted by Crippen LogP contribution is -1.90. The maximum Gasteiger partial charge on any atom is 0.181 e.